The lowest BCUT2D eigenvalue weighted by molar-refractivity contribution is -0.107. The van der Waals surface area contributed by atoms with Crippen molar-refractivity contribution in [1.29, 1.82) is 0 Å². The normalized spacial score (nSPS) is 10.1. The van der Waals surface area contributed by atoms with Gasteiger partial charge in [-0.1, -0.05) is 28.1 Å². The lowest BCUT2D eigenvalue weighted by Gasteiger charge is -2.07. The van der Waals surface area contributed by atoms with Crippen LogP contribution in [0.25, 0.3) is 0 Å². The molecule has 0 aliphatic rings. The van der Waals surface area contributed by atoms with E-state index in [0.29, 0.717) is 16.6 Å². The van der Waals surface area contributed by atoms with Gasteiger partial charge in [-0.25, -0.2) is 4.39 Å². The standard InChI is InChI=1S/C14H10BrFO2/c15-11-4-5-14(13(16)9-11)18-12-3-1-2-10(8-12)6-7-17/h1-5,7-9H,6H2. The molecule has 0 fully saturated rings. The van der Waals surface area contributed by atoms with Crippen molar-refractivity contribution in [3.8, 4) is 11.5 Å². The highest BCUT2D eigenvalue weighted by Gasteiger charge is 2.05. The number of carbonyl (C=O) groups is 1. The molecule has 18 heavy (non-hydrogen) atoms. The summed E-state index contributed by atoms with van der Waals surface area (Å²) in [5, 5.41) is 0. The Morgan fingerprint density at radius 3 is 2.78 bits per heavy atom. The number of aldehydes is 1. The SMILES string of the molecule is O=CCc1cccc(Oc2ccc(Br)cc2F)c1. The third kappa shape index (κ3) is 3.17. The number of carbonyl (C=O) groups excluding carboxylic acids is 1. The molecule has 0 aliphatic carbocycles. The van der Waals surface area contributed by atoms with Crippen LogP contribution in [0, 0.1) is 5.82 Å². The zero-order valence-electron chi connectivity index (χ0n) is 9.40. The highest BCUT2D eigenvalue weighted by molar-refractivity contribution is 9.10. The lowest BCUT2D eigenvalue weighted by atomic mass is 10.1. The van der Waals surface area contributed by atoms with Crippen LogP contribution in [0.5, 0.6) is 11.5 Å². The summed E-state index contributed by atoms with van der Waals surface area (Å²) in [5.41, 5.74) is 0.833. The molecule has 0 unspecified atom stereocenters. The van der Waals surface area contributed by atoms with Gasteiger partial charge in [-0.05, 0) is 35.9 Å². The van der Waals surface area contributed by atoms with E-state index in [0.717, 1.165) is 11.8 Å². The molecule has 0 saturated heterocycles. The molecule has 4 heteroatoms. The molecular weight excluding hydrogens is 299 g/mol. The summed E-state index contributed by atoms with van der Waals surface area (Å²) in [5.74, 6) is 0.224. The van der Waals surface area contributed by atoms with Crippen molar-refractivity contribution in [3.05, 3.63) is 58.3 Å². The van der Waals surface area contributed by atoms with E-state index in [1.165, 1.54) is 6.07 Å². The zero-order valence-corrected chi connectivity index (χ0v) is 11.0. The van der Waals surface area contributed by atoms with E-state index < -0.39 is 5.82 Å². The van der Waals surface area contributed by atoms with Crippen molar-refractivity contribution in [1.82, 2.24) is 0 Å². The second-order valence-electron chi connectivity index (χ2n) is 3.70. The monoisotopic (exact) mass is 308 g/mol. The molecule has 2 rings (SSSR count). The Hall–Kier alpha value is -1.68. The number of halogens is 2. The fourth-order valence-corrected chi connectivity index (χ4v) is 1.85. The van der Waals surface area contributed by atoms with Crippen LogP contribution >= 0.6 is 15.9 Å². The Kier molecular flexibility index (Phi) is 4.10. The van der Waals surface area contributed by atoms with Crippen molar-refractivity contribution in [3.63, 3.8) is 0 Å². The Balaban J connectivity index is 2.22. The van der Waals surface area contributed by atoms with Gasteiger partial charge in [0, 0.05) is 10.9 Å². The Bertz CT molecular complexity index is 569. The Labute approximate surface area is 113 Å². The lowest BCUT2D eigenvalue weighted by Crippen LogP contribution is -1.90. The molecule has 0 radical (unpaired) electrons. The summed E-state index contributed by atoms with van der Waals surface area (Å²) in [7, 11) is 0. The van der Waals surface area contributed by atoms with Gasteiger partial charge in [-0.2, -0.15) is 0 Å². The number of rotatable bonds is 4. The molecule has 0 aliphatic heterocycles. The summed E-state index contributed by atoms with van der Waals surface area (Å²) >= 11 is 3.18. The molecule has 0 amide bonds. The van der Waals surface area contributed by atoms with Crippen LogP contribution in [0.15, 0.2) is 46.9 Å². The van der Waals surface area contributed by atoms with Crippen molar-refractivity contribution < 1.29 is 13.9 Å². The van der Waals surface area contributed by atoms with Gasteiger partial charge < -0.3 is 9.53 Å². The van der Waals surface area contributed by atoms with E-state index in [9.17, 15) is 9.18 Å². The summed E-state index contributed by atoms with van der Waals surface area (Å²) in [6.07, 6.45) is 1.14. The van der Waals surface area contributed by atoms with E-state index in [1.807, 2.05) is 6.07 Å². The second-order valence-corrected chi connectivity index (χ2v) is 4.61. The van der Waals surface area contributed by atoms with E-state index in [4.69, 9.17) is 4.74 Å². The van der Waals surface area contributed by atoms with Gasteiger partial charge in [0.05, 0.1) is 0 Å². The second kappa shape index (κ2) is 5.78. The molecule has 0 atom stereocenters. The maximum Gasteiger partial charge on any atom is 0.166 e. The first-order chi connectivity index (χ1) is 8.69. The van der Waals surface area contributed by atoms with Crippen molar-refractivity contribution in [2.45, 2.75) is 6.42 Å². The van der Waals surface area contributed by atoms with E-state index >= 15 is 0 Å². The quantitative estimate of drug-likeness (QED) is 0.794. The van der Waals surface area contributed by atoms with Gasteiger partial charge in [0.15, 0.2) is 11.6 Å². The molecule has 2 nitrogen and oxygen atoms in total. The van der Waals surface area contributed by atoms with Crippen LogP contribution in [-0.4, -0.2) is 6.29 Å². The average molecular weight is 309 g/mol. The van der Waals surface area contributed by atoms with Crippen molar-refractivity contribution >= 4 is 22.2 Å². The molecule has 2 aromatic rings. The first kappa shape index (κ1) is 12.8. The van der Waals surface area contributed by atoms with Crippen LogP contribution in [0.1, 0.15) is 5.56 Å². The predicted molar refractivity (Wildman–Crippen MR) is 70.4 cm³/mol. The van der Waals surface area contributed by atoms with Gasteiger partial charge in [0.1, 0.15) is 12.0 Å². The first-order valence-electron chi connectivity index (χ1n) is 5.34. The van der Waals surface area contributed by atoms with E-state index in [-0.39, 0.29) is 5.75 Å². The van der Waals surface area contributed by atoms with Crippen molar-refractivity contribution in [2.75, 3.05) is 0 Å². The fourth-order valence-electron chi connectivity index (χ4n) is 1.52. The fraction of sp³-hybridized carbons (Fsp3) is 0.0714. The van der Waals surface area contributed by atoms with E-state index in [1.54, 1.807) is 30.3 Å². The molecule has 0 spiro atoms. The van der Waals surface area contributed by atoms with Gasteiger partial charge in [0.25, 0.3) is 0 Å². The molecule has 0 bridgehead atoms. The minimum absolute atomic E-state index is 0.154. The smallest absolute Gasteiger partial charge is 0.166 e. The summed E-state index contributed by atoms with van der Waals surface area (Å²) in [6, 6.07) is 11.6. The Morgan fingerprint density at radius 1 is 1.22 bits per heavy atom. The van der Waals surface area contributed by atoms with Crippen LogP contribution in [0.2, 0.25) is 0 Å². The molecule has 0 heterocycles. The minimum Gasteiger partial charge on any atom is -0.454 e. The van der Waals surface area contributed by atoms with Gasteiger partial charge in [0.2, 0.25) is 0 Å². The highest BCUT2D eigenvalue weighted by Crippen LogP contribution is 2.27. The number of hydrogen-bond acceptors (Lipinski definition) is 2. The van der Waals surface area contributed by atoms with Crippen LogP contribution in [0.4, 0.5) is 4.39 Å². The third-order valence-electron chi connectivity index (χ3n) is 2.34. The maximum atomic E-state index is 13.6. The minimum atomic E-state index is -0.440. The highest BCUT2D eigenvalue weighted by atomic mass is 79.9. The molecule has 0 saturated carbocycles. The Morgan fingerprint density at radius 2 is 2.06 bits per heavy atom. The molecule has 2 aromatic carbocycles. The molecule has 92 valence electrons. The topological polar surface area (TPSA) is 26.3 Å². The maximum absolute atomic E-state index is 13.6. The largest absolute Gasteiger partial charge is 0.454 e. The zero-order chi connectivity index (χ0) is 13.0. The molecule has 0 aromatic heterocycles. The first-order valence-corrected chi connectivity index (χ1v) is 6.14. The average Bonchev–Trinajstić information content (AvgIpc) is 2.34. The van der Waals surface area contributed by atoms with Crippen LogP contribution in [0.3, 0.4) is 0 Å². The number of benzene rings is 2. The molecular formula is C14H10BrFO2. The summed E-state index contributed by atoms with van der Waals surface area (Å²) in [6.45, 7) is 0. The number of ether oxygens (including phenoxy) is 1. The van der Waals surface area contributed by atoms with Crippen LogP contribution in [-0.2, 0) is 11.2 Å². The van der Waals surface area contributed by atoms with Gasteiger partial charge in [-0.15, -0.1) is 0 Å². The van der Waals surface area contributed by atoms with Crippen molar-refractivity contribution in [2.24, 2.45) is 0 Å². The predicted octanol–water partition coefficient (Wildman–Crippen LogP) is 4.12. The van der Waals surface area contributed by atoms with Gasteiger partial charge in [-0.3, -0.25) is 0 Å². The van der Waals surface area contributed by atoms with Crippen LogP contribution < -0.4 is 4.74 Å². The summed E-state index contributed by atoms with van der Waals surface area (Å²) < 4.78 is 19.7. The van der Waals surface area contributed by atoms with Gasteiger partial charge >= 0.3 is 0 Å². The third-order valence-corrected chi connectivity index (χ3v) is 2.83. The summed E-state index contributed by atoms with van der Waals surface area (Å²) in [4.78, 5) is 10.4. The number of hydrogen-bond donors (Lipinski definition) is 0. The van der Waals surface area contributed by atoms with E-state index in [2.05, 4.69) is 15.9 Å². The molecule has 0 N–H and O–H groups in total.